The number of amides is 8. The minimum Gasteiger partial charge on any atom is -0.480 e. The third-order valence-electron chi connectivity index (χ3n) is 11.3. The number of piperidine rings is 1. The average Bonchev–Trinajstić information content (AvgIpc) is 1.51. The number of fused-ring (bicyclic) bond motifs is 2. The lowest BCUT2D eigenvalue weighted by Gasteiger charge is -2.29. The zero-order valence-electron chi connectivity index (χ0n) is 69.8. The Labute approximate surface area is 551 Å². The van der Waals surface area contributed by atoms with E-state index in [1.165, 1.54) is 46.8 Å². The van der Waals surface area contributed by atoms with Crippen molar-refractivity contribution in [3.63, 3.8) is 0 Å². The number of carbonyl (C=O) groups is 12. The predicted molar refractivity (Wildman–Crippen MR) is 336 cm³/mol. The van der Waals surface area contributed by atoms with E-state index in [1.807, 2.05) is 26.0 Å². The second kappa shape index (κ2) is 41.4. The summed E-state index contributed by atoms with van der Waals surface area (Å²) < 4.78 is 172. The first kappa shape index (κ1) is 51.3. The normalized spacial score (nSPS) is 19.8. The molecule has 26 heteroatoms. The number of nitrogens with one attached hydrogen (secondary N) is 2. The second-order valence-corrected chi connectivity index (χ2v) is 16.8. The van der Waals surface area contributed by atoms with Crippen LogP contribution in [0.2, 0.25) is 0 Å². The first-order valence-electron chi connectivity index (χ1n) is 36.2. The number of methoxy groups -OCH3 is 3. The van der Waals surface area contributed by atoms with Gasteiger partial charge in [-0.1, -0.05) is 105 Å². The molecule has 0 aliphatic carbocycles. The molecule has 0 bridgehead atoms. The molecule has 4 aromatic carbocycles. The number of nitrogens with zero attached hydrogens (tertiary/aromatic N) is 2. The molecular weight excluding hydrogens is 1150 g/mol. The number of alkyl carbamates (subject to hydrolysis) is 1. The molecule has 0 radical (unpaired) electrons. The van der Waals surface area contributed by atoms with Crippen LogP contribution in [0.15, 0.2) is 84.9 Å². The number of ether oxygens (including phenoxy) is 4. The number of carbonyl (C=O) groups excluding carboxylic acids is 11. The van der Waals surface area contributed by atoms with E-state index in [4.69, 9.17) is 66.3 Å². The van der Waals surface area contributed by atoms with Crippen molar-refractivity contribution in [2.24, 2.45) is 22.9 Å². The van der Waals surface area contributed by atoms with Gasteiger partial charge in [0, 0.05) is 87.0 Å². The molecule has 8 amide bonds. The zero-order chi connectivity index (χ0) is 85.0. The highest BCUT2D eigenvalue weighted by Gasteiger charge is 2.40. The van der Waals surface area contributed by atoms with Crippen LogP contribution in [0.5, 0.6) is 0 Å². The van der Waals surface area contributed by atoms with Gasteiger partial charge in [0.1, 0.15) is 30.7 Å². The summed E-state index contributed by atoms with van der Waals surface area (Å²) in [4.78, 5) is 142. The number of hydrogen-bond donors (Lipinski definition) is 8. The largest absolute Gasteiger partial charge is 0.480 e. The Morgan fingerprint density at radius 3 is 1.79 bits per heavy atom. The van der Waals surface area contributed by atoms with Gasteiger partial charge in [0.05, 0.1) is 29.6 Å². The highest BCUT2D eigenvalue weighted by molar-refractivity contribution is 6.06. The number of nitrogen functional groups attached to an aromatic ring is 1. The molecule has 492 valence electrons. The molecule has 0 spiro atoms. The standard InChI is InChI=1S/C15H18N2O4.C13H13N3O3.C13H16N2O5.C11H14O2.C6H12N2O3.5CH4/c1-9-4-3-5-10-11(9)8-17(14(10)19)12(15(20)21-2)6-7-13(16)18;14-9-3-1-2-7-8(9)6-16(13(7)19)10-4-5-11(17)15-12(10)18;14-11(16)7-6-10(12(17)18)15-13(19)20-8-9-4-2-1-3-5-9;1-4-9-8(2)6-5-7-10(9)11(12)13-3;1-11-6(10)4(7)2-3-5(8)9;;;;;/h3-5,12H,6-8H2,1-2H3,(H2,16,18);1-3,10H,4-6,14H2,(H,15,17,18);1-5,10H,6-8H2,(H2,14,16)(H,15,19)(H,17,18);5-7H,4H2,1-3H3;4H,2-3,7H2,1H3,(H2,8,9);5*1H4/i6D2,7D2;4D2,5D2;6D2,7D2,10D;;2D2,3D2,4D;3*1D;;. The number of anilines is 1. The zero-order valence-corrected chi connectivity index (χ0v) is 48.8. The molecule has 0 saturated carbocycles. The van der Waals surface area contributed by atoms with Crippen LogP contribution in [0.3, 0.4) is 0 Å². The van der Waals surface area contributed by atoms with Gasteiger partial charge >= 0.3 is 30.0 Å². The van der Waals surface area contributed by atoms with Gasteiger partial charge in [0.2, 0.25) is 29.5 Å². The molecule has 4 aromatic rings. The van der Waals surface area contributed by atoms with Gasteiger partial charge in [-0.2, -0.15) is 0 Å². The first-order valence-corrected chi connectivity index (χ1v) is 24.2. The molecular formula is C63H93N9O17. The van der Waals surface area contributed by atoms with Gasteiger partial charge in [-0.3, -0.25) is 43.7 Å². The number of hydrogen-bond acceptors (Lipinski definition) is 18. The summed E-state index contributed by atoms with van der Waals surface area (Å²) in [6, 6.07) is 13.1. The summed E-state index contributed by atoms with van der Waals surface area (Å²) >= 11 is 0. The SMILES string of the molecule is C.C.CCc1c(C)cccc1C(=O)OC.[2H]C.[2H]C.[2H]C.[2H]C([2H])(C(N)=O)C([2H])([2H])C(C(=O)OC)N1Cc2c(C)cccc2C1=O.[2H]C([2H])(C(N)=O)C([2H])([2H])C([2H])(N)C(=O)OC.[2H]C([2H])(C(N)=O)C([2H])([2H])C([2H])(NC(=O)OCc1ccccc1)C(=O)O.[2H]C1([2H])C(=O)NC(=O)C(N2Cc3c(N)cccc3C2=O)C1([2H])[2H]. The lowest BCUT2D eigenvalue weighted by molar-refractivity contribution is -0.146. The smallest absolute Gasteiger partial charge is 0.408 e. The number of carboxylic acid groups (broad SMARTS) is 1. The summed E-state index contributed by atoms with van der Waals surface area (Å²) in [5.74, 6) is -13.9. The second-order valence-electron chi connectivity index (χ2n) is 16.8. The van der Waals surface area contributed by atoms with Crippen LogP contribution in [0.1, 0.15) is 188 Å². The van der Waals surface area contributed by atoms with E-state index in [0.29, 0.717) is 33.5 Å². The summed E-state index contributed by atoms with van der Waals surface area (Å²) in [6.07, 6.45) is -26.6. The van der Waals surface area contributed by atoms with Crippen molar-refractivity contribution in [1.82, 2.24) is 20.4 Å². The van der Waals surface area contributed by atoms with Crippen molar-refractivity contribution in [3.8, 4) is 0 Å². The summed E-state index contributed by atoms with van der Waals surface area (Å²) in [6.45, 7) is 5.28. The van der Waals surface area contributed by atoms with Gasteiger partial charge in [-0.15, -0.1) is 0 Å². The third kappa shape index (κ3) is 25.6. The number of benzene rings is 4. The van der Waals surface area contributed by atoms with Crippen LogP contribution >= 0.6 is 0 Å². The van der Waals surface area contributed by atoms with Crippen molar-refractivity contribution < 1.29 is 110 Å². The fourth-order valence-electron chi connectivity index (χ4n) is 7.34. The Bertz CT molecular complexity index is 3940. The summed E-state index contributed by atoms with van der Waals surface area (Å²) in [5.41, 5.74) is 31.4. The average molecular weight is 1270 g/mol. The molecule has 3 aliphatic heterocycles. The molecule has 26 nitrogen and oxygen atoms in total. The first-order chi connectivity index (χ1) is 49.5. The van der Waals surface area contributed by atoms with Crippen LogP contribution in [0, 0.1) is 13.8 Å². The maximum Gasteiger partial charge on any atom is 0.408 e. The Hall–Kier alpha value is -9.72. The van der Waals surface area contributed by atoms with E-state index in [2.05, 4.69) is 15.2 Å². The fourth-order valence-corrected chi connectivity index (χ4v) is 7.34. The maximum atomic E-state index is 12.7. The number of primary amides is 3. The van der Waals surface area contributed by atoms with E-state index >= 15 is 0 Å². The van der Waals surface area contributed by atoms with E-state index in [-0.39, 0.29) is 46.1 Å². The lowest BCUT2D eigenvalue weighted by atomic mass is 10.00. The van der Waals surface area contributed by atoms with Gasteiger partial charge in [-0.05, 0) is 97.8 Å². The lowest BCUT2D eigenvalue weighted by Crippen LogP contribution is -2.52. The van der Waals surface area contributed by atoms with Crippen molar-refractivity contribution in [2.45, 2.75) is 159 Å². The maximum absolute atomic E-state index is 12.7. The number of aryl methyl sites for hydroxylation is 2. The van der Waals surface area contributed by atoms with Gasteiger partial charge in [0.25, 0.3) is 11.8 Å². The minimum atomic E-state index is -3.70. The number of carboxylic acids is 1. The summed E-state index contributed by atoms with van der Waals surface area (Å²) in [5, 5.41) is 12.4. The van der Waals surface area contributed by atoms with Gasteiger partial charge in [0.15, 0.2) is 0 Å². The quantitative estimate of drug-likeness (QED) is 0.0242. The van der Waals surface area contributed by atoms with E-state index in [0.717, 1.165) is 47.1 Å². The van der Waals surface area contributed by atoms with Crippen LogP contribution in [-0.2, 0) is 83.4 Å². The Morgan fingerprint density at radius 2 is 1.26 bits per heavy atom. The van der Waals surface area contributed by atoms with Crippen molar-refractivity contribution in [2.75, 3.05) is 27.1 Å². The van der Waals surface area contributed by atoms with E-state index in [1.54, 1.807) is 72.9 Å². The number of nitrogens with two attached hydrogens (primary N) is 5. The molecule has 4 atom stereocenters. The molecule has 13 N–H and O–H groups in total. The van der Waals surface area contributed by atoms with Crippen molar-refractivity contribution in [3.05, 3.63) is 135 Å². The Kier molecular flexibility index (Phi) is 23.9. The van der Waals surface area contributed by atoms with Crippen LogP contribution in [0.25, 0.3) is 0 Å². The highest BCUT2D eigenvalue weighted by Crippen LogP contribution is 2.31. The van der Waals surface area contributed by atoms with Crippen molar-refractivity contribution in [1.29, 1.82) is 0 Å². The molecule has 7 rings (SSSR count). The predicted octanol–water partition coefficient (Wildman–Crippen LogP) is 5.70. The topological polar surface area (TPSA) is 423 Å². The van der Waals surface area contributed by atoms with Gasteiger partial charge < -0.3 is 67.8 Å². The molecule has 0 aromatic heterocycles. The van der Waals surface area contributed by atoms with E-state index in [9.17, 15) is 57.5 Å². The summed E-state index contributed by atoms with van der Waals surface area (Å²) in [7, 11) is 7.00. The molecule has 3 aliphatic rings. The fraction of sp³-hybridized carbons (Fsp3) is 0.429. The third-order valence-corrected chi connectivity index (χ3v) is 11.3. The molecule has 1 fully saturated rings. The van der Waals surface area contributed by atoms with E-state index < -0.39 is 140 Å². The number of imide groups is 1. The van der Waals surface area contributed by atoms with Gasteiger partial charge in [-0.25, -0.2) is 19.2 Å². The van der Waals surface area contributed by atoms with Crippen LogP contribution < -0.4 is 39.3 Å². The molecule has 4 unspecified atom stereocenters. The monoisotopic (exact) mass is 1270 g/mol. The highest BCUT2D eigenvalue weighted by atomic mass is 16.6. The van der Waals surface area contributed by atoms with Crippen LogP contribution in [0.4, 0.5) is 10.5 Å². The minimum absolute atomic E-state index is 0. The number of rotatable bonds is 19. The Morgan fingerprint density at radius 1 is 0.719 bits per heavy atom. The van der Waals surface area contributed by atoms with Crippen molar-refractivity contribution >= 4 is 77.0 Å². The molecule has 3 heterocycles. The molecule has 89 heavy (non-hydrogen) atoms. The number of aliphatic carboxylic acids is 1. The molecule has 1 saturated heterocycles. The number of esters is 3. The Balaban J connectivity index is -0.00000129. The van der Waals surface area contributed by atoms with Crippen LogP contribution in [-0.4, -0.2) is 132 Å².